The van der Waals surface area contributed by atoms with Crippen LogP contribution in [0.25, 0.3) is 5.57 Å². The number of primary sulfonamides is 1. The van der Waals surface area contributed by atoms with Gasteiger partial charge in [0.15, 0.2) is 0 Å². The Morgan fingerprint density at radius 1 is 1.18 bits per heavy atom. The van der Waals surface area contributed by atoms with Crippen molar-refractivity contribution in [3.63, 3.8) is 0 Å². The minimum absolute atomic E-state index is 0.0250. The Morgan fingerprint density at radius 3 is 2.50 bits per heavy atom. The molecule has 0 radical (unpaired) electrons. The zero-order chi connectivity index (χ0) is 20.1. The summed E-state index contributed by atoms with van der Waals surface area (Å²) in [6, 6.07) is 11.0. The summed E-state index contributed by atoms with van der Waals surface area (Å²) in [6.45, 7) is -2.70. The molecule has 9 heteroatoms. The molecule has 0 aromatic heterocycles. The van der Waals surface area contributed by atoms with E-state index in [1.54, 1.807) is 25.3 Å². The van der Waals surface area contributed by atoms with Gasteiger partial charge in [-0.15, -0.1) is 0 Å². The summed E-state index contributed by atoms with van der Waals surface area (Å²) >= 11 is 0. The van der Waals surface area contributed by atoms with Crippen LogP contribution in [-0.4, -0.2) is 27.1 Å². The maximum atomic E-state index is 13.6. The molecule has 0 saturated carbocycles. The second kappa shape index (κ2) is 6.84. The zero-order valence-electron chi connectivity index (χ0n) is 15.0. The van der Waals surface area contributed by atoms with Crippen LogP contribution < -0.4 is 15.3 Å². The van der Waals surface area contributed by atoms with Gasteiger partial charge in [0, 0.05) is 11.3 Å². The van der Waals surface area contributed by atoms with Crippen LogP contribution in [0.3, 0.4) is 0 Å². The predicted octanol–water partition coefficient (Wildman–Crippen LogP) is 2.78. The number of hydrogen-bond acceptors (Lipinski definition) is 5. The fraction of sp³-hybridized carbons (Fsp3) is 0.263. The quantitative estimate of drug-likeness (QED) is 0.762. The summed E-state index contributed by atoms with van der Waals surface area (Å²) in [5.74, 6) is 0.716. The normalized spacial score (nSPS) is 19.0. The molecule has 0 bridgehead atoms. The smallest absolute Gasteiger partial charge is 0.327 e. The molecule has 0 fully saturated rings. The molecule has 1 atom stereocenters. The van der Waals surface area contributed by atoms with Crippen LogP contribution in [0.1, 0.15) is 29.2 Å². The van der Waals surface area contributed by atoms with Gasteiger partial charge >= 0.3 is 6.55 Å². The van der Waals surface area contributed by atoms with Crippen LogP contribution in [0, 0.1) is 0 Å². The topological polar surface area (TPSA) is 84.7 Å². The van der Waals surface area contributed by atoms with Gasteiger partial charge in [0.2, 0.25) is 10.0 Å². The van der Waals surface area contributed by atoms with Crippen LogP contribution in [-0.2, 0) is 16.4 Å². The summed E-state index contributed by atoms with van der Waals surface area (Å²) in [7, 11) is -2.24. The number of ether oxygens (including phenoxy) is 1. The maximum Gasteiger partial charge on any atom is 0.327 e. The van der Waals surface area contributed by atoms with Gasteiger partial charge < -0.3 is 4.74 Å². The largest absolute Gasteiger partial charge is 0.497 e. The van der Waals surface area contributed by atoms with Crippen molar-refractivity contribution >= 4 is 15.6 Å². The van der Waals surface area contributed by atoms with E-state index < -0.39 is 22.6 Å². The molecule has 6 nitrogen and oxygen atoms in total. The molecule has 1 aliphatic heterocycles. The van der Waals surface area contributed by atoms with E-state index >= 15 is 0 Å². The van der Waals surface area contributed by atoms with Crippen LogP contribution in [0.2, 0.25) is 0 Å². The minimum atomic E-state index is -3.82. The molecule has 3 N–H and O–H groups in total. The van der Waals surface area contributed by atoms with Crippen molar-refractivity contribution in [3.05, 3.63) is 64.9 Å². The number of fused-ring (bicyclic) bond motifs is 2. The van der Waals surface area contributed by atoms with Gasteiger partial charge in [0.05, 0.1) is 18.0 Å². The van der Waals surface area contributed by atoms with E-state index in [4.69, 9.17) is 9.88 Å². The standard InChI is InChI=1S/C19H19F2N3O3S/c1-27-13-5-8-15-12(10-13)4-9-16-17(15)18(23-24(16)19(20)21)11-2-6-14(7-3-11)28(22,25)26/h2-3,5-8,10,18-19,23H,4,9H2,1H3,(H2,22,25,26). The SMILES string of the molecule is COc1ccc2c(c1)CCC1=C2C(c2ccc(S(N)(=O)=O)cc2)NN1C(F)F. The summed E-state index contributed by atoms with van der Waals surface area (Å²) in [4.78, 5) is -0.0250. The van der Waals surface area contributed by atoms with Crippen LogP contribution in [0.5, 0.6) is 5.75 Å². The monoisotopic (exact) mass is 407 g/mol. The molecular weight excluding hydrogens is 388 g/mol. The number of halogens is 2. The summed E-state index contributed by atoms with van der Waals surface area (Å²) in [6.07, 6.45) is 1.10. The molecule has 0 saturated heterocycles. The van der Waals surface area contributed by atoms with Gasteiger partial charge in [-0.25, -0.2) is 19.0 Å². The highest BCUT2D eigenvalue weighted by Crippen LogP contribution is 2.46. The lowest BCUT2D eigenvalue weighted by molar-refractivity contribution is -0.0338. The lowest BCUT2D eigenvalue weighted by Gasteiger charge is -2.24. The molecule has 0 spiro atoms. The predicted molar refractivity (Wildman–Crippen MR) is 99.8 cm³/mol. The lowest BCUT2D eigenvalue weighted by Crippen LogP contribution is -2.37. The van der Waals surface area contributed by atoms with Gasteiger partial charge in [0.1, 0.15) is 5.75 Å². The van der Waals surface area contributed by atoms with Crippen molar-refractivity contribution in [1.82, 2.24) is 10.4 Å². The fourth-order valence-electron chi connectivity index (χ4n) is 3.83. The summed E-state index contributed by atoms with van der Waals surface area (Å²) < 4.78 is 55.5. The Kier molecular flexibility index (Phi) is 4.60. The van der Waals surface area contributed by atoms with E-state index in [1.807, 2.05) is 12.1 Å². The van der Waals surface area contributed by atoms with E-state index in [9.17, 15) is 17.2 Å². The number of methoxy groups -OCH3 is 1. The van der Waals surface area contributed by atoms with E-state index in [2.05, 4.69) is 5.43 Å². The molecule has 2 aromatic rings. The van der Waals surface area contributed by atoms with Gasteiger partial charge in [-0.2, -0.15) is 8.78 Å². The number of sulfonamides is 1. The summed E-state index contributed by atoms with van der Waals surface area (Å²) in [5, 5.41) is 6.05. The van der Waals surface area contributed by atoms with Crippen LogP contribution in [0.4, 0.5) is 8.78 Å². The highest BCUT2D eigenvalue weighted by molar-refractivity contribution is 7.89. The highest BCUT2D eigenvalue weighted by Gasteiger charge is 2.39. The van der Waals surface area contributed by atoms with Gasteiger partial charge in [-0.3, -0.25) is 5.01 Å². The van der Waals surface area contributed by atoms with Crippen LogP contribution >= 0.6 is 0 Å². The van der Waals surface area contributed by atoms with Crippen molar-refractivity contribution in [2.45, 2.75) is 30.3 Å². The van der Waals surface area contributed by atoms with E-state index in [0.29, 0.717) is 29.9 Å². The van der Waals surface area contributed by atoms with Gasteiger partial charge in [-0.05, 0) is 53.8 Å². The Balaban J connectivity index is 1.80. The molecule has 28 heavy (non-hydrogen) atoms. The molecule has 0 amide bonds. The number of hydrazine groups is 1. The molecular formula is C19H19F2N3O3S. The molecule has 1 aliphatic carbocycles. The van der Waals surface area contributed by atoms with E-state index in [1.165, 1.54) is 12.1 Å². The average Bonchev–Trinajstić information content (AvgIpc) is 3.07. The molecule has 148 valence electrons. The number of hydrogen-bond donors (Lipinski definition) is 2. The Morgan fingerprint density at radius 2 is 1.89 bits per heavy atom. The number of nitrogens with zero attached hydrogens (tertiary/aromatic N) is 1. The number of rotatable bonds is 4. The Labute approximate surface area is 161 Å². The Hall–Kier alpha value is -2.49. The number of nitrogens with one attached hydrogen (secondary N) is 1. The third-order valence-electron chi connectivity index (χ3n) is 5.13. The van der Waals surface area contributed by atoms with Crippen molar-refractivity contribution in [1.29, 1.82) is 0 Å². The second-order valence-electron chi connectivity index (χ2n) is 6.71. The minimum Gasteiger partial charge on any atom is -0.497 e. The number of allylic oxidation sites excluding steroid dienone is 1. The Bertz CT molecular complexity index is 1050. The molecule has 1 unspecified atom stereocenters. The average molecular weight is 407 g/mol. The lowest BCUT2D eigenvalue weighted by atomic mass is 9.84. The molecule has 4 rings (SSSR count). The number of aryl methyl sites for hydroxylation is 1. The first-order valence-corrected chi connectivity index (χ1v) is 10.2. The van der Waals surface area contributed by atoms with Crippen molar-refractivity contribution in [2.24, 2.45) is 5.14 Å². The highest BCUT2D eigenvalue weighted by atomic mass is 32.2. The van der Waals surface area contributed by atoms with Crippen molar-refractivity contribution < 1.29 is 21.9 Å². The molecule has 2 aromatic carbocycles. The third kappa shape index (κ3) is 3.15. The van der Waals surface area contributed by atoms with Crippen molar-refractivity contribution in [3.8, 4) is 5.75 Å². The first-order valence-electron chi connectivity index (χ1n) is 8.66. The van der Waals surface area contributed by atoms with Crippen molar-refractivity contribution in [2.75, 3.05) is 7.11 Å². The first kappa shape index (κ1) is 18.9. The van der Waals surface area contributed by atoms with E-state index in [0.717, 1.165) is 21.7 Å². The fourth-order valence-corrected chi connectivity index (χ4v) is 4.34. The third-order valence-corrected chi connectivity index (χ3v) is 6.06. The number of nitrogens with two attached hydrogens (primary N) is 1. The zero-order valence-corrected chi connectivity index (χ0v) is 15.8. The van der Waals surface area contributed by atoms with Gasteiger partial charge in [0.25, 0.3) is 0 Å². The molecule has 2 aliphatic rings. The molecule has 1 heterocycles. The summed E-state index contributed by atoms with van der Waals surface area (Å²) in [5.41, 5.74) is 6.78. The van der Waals surface area contributed by atoms with E-state index in [-0.39, 0.29) is 4.90 Å². The van der Waals surface area contributed by atoms with Gasteiger partial charge in [-0.1, -0.05) is 18.2 Å². The maximum absolute atomic E-state index is 13.6. The number of benzene rings is 2. The second-order valence-corrected chi connectivity index (χ2v) is 8.27. The number of alkyl halides is 2. The van der Waals surface area contributed by atoms with Crippen LogP contribution in [0.15, 0.2) is 53.1 Å². The first-order chi connectivity index (χ1) is 13.3.